The van der Waals surface area contributed by atoms with Gasteiger partial charge >= 0.3 is 0 Å². The van der Waals surface area contributed by atoms with Crippen molar-refractivity contribution in [3.63, 3.8) is 0 Å². The van der Waals surface area contributed by atoms with Crippen LogP contribution in [0.4, 0.5) is 0 Å². The molecule has 1 aliphatic heterocycles. The van der Waals surface area contributed by atoms with Crippen molar-refractivity contribution in [1.29, 1.82) is 0 Å². The summed E-state index contributed by atoms with van der Waals surface area (Å²) in [4.78, 5) is 12.3. The van der Waals surface area contributed by atoms with Crippen molar-refractivity contribution in [1.82, 2.24) is 5.32 Å². The second kappa shape index (κ2) is 9.04. The molecule has 0 unspecified atom stereocenters. The van der Waals surface area contributed by atoms with Crippen molar-refractivity contribution in [2.24, 2.45) is 0 Å². The van der Waals surface area contributed by atoms with E-state index in [9.17, 15) is 4.79 Å². The third-order valence-corrected chi connectivity index (χ3v) is 4.01. The largest absolute Gasteiger partial charge is 0.491 e. The molecular weight excluding hydrogens is 306 g/mol. The van der Waals surface area contributed by atoms with Crippen LogP contribution in [-0.2, 0) is 14.3 Å². The first-order valence-corrected chi connectivity index (χ1v) is 8.76. The predicted octanol–water partition coefficient (Wildman–Crippen LogP) is 3.24. The number of benzene rings is 1. The minimum Gasteiger partial charge on any atom is -0.491 e. The number of carbonyl (C=O) groups excluding carboxylic acids is 1. The maximum absolute atomic E-state index is 12.3. The van der Waals surface area contributed by atoms with Crippen molar-refractivity contribution in [2.75, 3.05) is 13.2 Å². The minimum atomic E-state index is -0.494. The van der Waals surface area contributed by atoms with Crippen LogP contribution in [0.1, 0.15) is 52.1 Å². The summed E-state index contributed by atoms with van der Waals surface area (Å²) in [5, 5.41) is 2.99. The van der Waals surface area contributed by atoms with Gasteiger partial charge in [0.1, 0.15) is 11.9 Å². The second-order valence-corrected chi connectivity index (χ2v) is 6.58. The van der Waals surface area contributed by atoms with Crippen molar-refractivity contribution in [3.05, 3.63) is 29.8 Å². The fourth-order valence-corrected chi connectivity index (χ4v) is 2.65. The number of nitrogens with one attached hydrogen (secondary N) is 1. The molecule has 0 radical (unpaired) electrons. The molecule has 0 aliphatic carbocycles. The van der Waals surface area contributed by atoms with Crippen molar-refractivity contribution >= 4 is 5.91 Å². The van der Waals surface area contributed by atoms with Crippen molar-refractivity contribution in [3.8, 4) is 5.75 Å². The summed E-state index contributed by atoms with van der Waals surface area (Å²) in [7, 11) is 0. The molecule has 0 spiro atoms. The quantitative estimate of drug-likeness (QED) is 0.792. The Morgan fingerprint density at radius 3 is 2.79 bits per heavy atom. The topological polar surface area (TPSA) is 56.8 Å². The Morgan fingerprint density at radius 2 is 2.12 bits per heavy atom. The van der Waals surface area contributed by atoms with Crippen molar-refractivity contribution in [2.45, 2.75) is 64.9 Å². The number of hydrogen-bond acceptors (Lipinski definition) is 4. The van der Waals surface area contributed by atoms with Crippen LogP contribution in [0.2, 0.25) is 0 Å². The first kappa shape index (κ1) is 18.7. The van der Waals surface area contributed by atoms with Crippen LogP contribution < -0.4 is 10.1 Å². The van der Waals surface area contributed by atoms with Gasteiger partial charge in [-0.2, -0.15) is 0 Å². The second-order valence-electron chi connectivity index (χ2n) is 6.58. The Kier molecular flexibility index (Phi) is 7.06. The molecule has 0 saturated carbocycles. The number of rotatable bonds is 8. The molecule has 24 heavy (non-hydrogen) atoms. The number of ether oxygens (including phenoxy) is 3. The van der Waals surface area contributed by atoms with Crippen LogP contribution in [0.5, 0.6) is 5.75 Å². The van der Waals surface area contributed by atoms with E-state index < -0.39 is 6.10 Å². The molecule has 5 nitrogen and oxygen atoms in total. The molecule has 2 rings (SSSR count). The molecule has 1 aromatic carbocycles. The van der Waals surface area contributed by atoms with Gasteiger partial charge in [0.15, 0.2) is 0 Å². The van der Waals surface area contributed by atoms with Gasteiger partial charge in [0, 0.05) is 6.61 Å². The van der Waals surface area contributed by atoms with Crippen LogP contribution in [-0.4, -0.2) is 37.4 Å². The Morgan fingerprint density at radius 1 is 1.33 bits per heavy atom. The lowest BCUT2D eigenvalue weighted by Crippen LogP contribution is -2.37. The van der Waals surface area contributed by atoms with E-state index in [1.807, 2.05) is 45.0 Å². The van der Waals surface area contributed by atoms with Crippen LogP contribution in [0.15, 0.2) is 24.3 Å². The molecule has 1 fully saturated rings. The fraction of sp³-hybridized carbons (Fsp3) is 0.632. The molecule has 3 atom stereocenters. The minimum absolute atomic E-state index is 0.109. The molecule has 1 heterocycles. The van der Waals surface area contributed by atoms with E-state index in [0.717, 1.165) is 30.8 Å². The summed E-state index contributed by atoms with van der Waals surface area (Å²) in [6, 6.07) is 7.69. The van der Waals surface area contributed by atoms with Gasteiger partial charge in [0.05, 0.1) is 24.9 Å². The molecule has 1 N–H and O–H groups in total. The van der Waals surface area contributed by atoms with E-state index in [4.69, 9.17) is 14.2 Å². The zero-order valence-corrected chi connectivity index (χ0v) is 15.1. The third kappa shape index (κ3) is 5.80. The van der Waals surface area contributed by atoms with Gasteiger partial charge in [0.25, 0.3) is 0 Å². The number of amides is 1. The zero-order chi connectivity index (χ0) is 17.5. The molecule has 1 aliphatic rings. The van der Waals surface area contributed by atoms with Gasteiger partial charge in [-0.1, -0.05) is 12.1 Å². The lowest BCUT2D eigenvalue weighted by molar-refractivity contribution is -0.134. The zero-order valence-electron chi connectivity index (χ0n) is 15.1. The smallest absolute Gasteiger partial charge is 0.249 e. The van der Waals surface area contributed by atoms with Gasteiger partial charge < -0.3 is 19.5 Å². The van der Waals surface area contributed by atoms with E-state index >= 15 is 0 Å². The monoisotopic (exact) mass is 335 g/mol. The average molecular weight is 335 g/mol. The molecule has 0 aromatic heterocycles. The molecule has 1 saturated heterocycles. The molecule has 0 bridgehead atoms. The summed E-state index contributed by atoms with van der Waals surface area (Å²) in [5.41, 5.74) is 1.01. The predicted molar refractivity (Wildman–Crippen MR) is 93.2 cm³/mol. The van der Waals surface area contributed by atoms with Gasteiger partial charge in [-0.3, -0.25) is 4.79 Å². The van der Waals surface area contributed by atoms with Crippen LogP contribution in [0.25, 0.3) is 0 Å². The van der Waals surface area contributed by atoms with Crippen LogP contribution in [0, 0.1) is 0 Å². The normalized spacial score (nSPS) is 20.0. The standard InChI is InChI=1S/C19H29NO4/c1-13(2)24-17-8-5-7-16(11-17)14(3)20-19(21)15(4)23-12-18-9-6-10-22-18/h5,7-8,11,13-15,18H,6,9-10,12H2,1-4H3,(H,20,21)/t14-,15+,18+/m0/s1. The molecule has 1 aromatic rings. The molecule has 5 heteroatoms. The Hall–Kier alpha value is -1.59. The molecular formula is C19H29NO4. The summed E-state index contributed by atoms with van der Waals surface area (Å²) < 4.78 is 16.8. The van der Waals surface area contributed by atoms with Crippen LogP contribution >= 0.6 is 0 Å². The summed E-state index contributed by atoms with van der Waals surface area (Å²) in [6.45, 7) is 8.98. The van der Waals surface area contributed by atoms with Gasteiger partial charge in [-0.05, 0) is 58.2 Å². The molecule has 134 valence electrons. The van der Waals surface area contributed by atoms with E-state index in [2.05, 4.69) is 5.32 Å². The maximum Gasteiger partial charge on any atom is 0.249 e. The first-order chi connectivity index (χ1) is 11.5. The highest BCUT2D eigenvalue weighted by atomic mass is 16.5. The van der Waals surface area contributed by atoms with Gasteiger partial charge in [0.2, 0.25) is 5.91 Å². The first-order valence-electron chi connectivity index (χ1n) is 8.76. The van der Waals surface area contributed by atoms with E-state index in [0.29, 0.717) is 6.61 Å². The van der Waals surface area contributed by atoms with Crippen molar-refractivity contribution < 1.29 is 19.0 Å². The SMILES string of the molecule is CC(C)Oc1cccc([C@H](C)NC(=O)[C@@H](C)OC[C@H]2CCCO2)c1. The van der Waals surface area contributed by atoms with Gasteiger partial charge in [-0.25, -0.2) is 0 Å². The third-order valence-electron chi connectivity index (χ3n) is 4.01. The Labute approximate surface area is 144 Å². The van der Waals surface area contributed by atoms with E-state index in [1.165, 1.54) is 0 Å². The summed E-state index contributed by atoms with van der Waals surface area (Å²) in [5.74, 6) is 0.696. The summed E-state index contributed by atoms with van der Waals surface area (Å²) in [6.07, 6.45) is 1.83. The van der Waals surface area contributed by atoms with E-state index in [-0.39, 0.29) is 24.2 Å². The highest BCUT2D eigenvalue weighted by Crippen LogP contribution is 2.20. The number of carbonyl (C=O) groups is 1. The number of hydrogen-bond donors (Lipinski definition) is 1. The average Bonchev–Trinajstić information content (AvgIpc) is 3.05. The van der Waals surface area contributed by atoms with E-state index in [1.54, 1.807) is 6.92 Å². The highest BCUT2D eigenvalue weighted by Gasteiger charge is 2.21. The maximum atomic E-state index is 12.3. The Balaban J connectivity index is 1.83. The fourth-order valence-electron chi connectivity index (χ4n) is 2.65. The van der Waals surface area contributed by atoms with Crippen LogP contribution in [0.3, 0.4) is 0 Å². The summed E-state index contributed by atoms with van der Waals surface area (Å²) >= 11 is 0. The molecule has 1 amide bonds. The van der Waals surface area contributed by atoms with Gasteiger partial charge in [-0.15, -0.1) is 0 Å². The lowest BCUT2D eigenvalue weighted by Gasteiger charge is -2.20. The Bertz CT molecular complexity index is 526. The lowest BCUT2D eigenvalue weighted by atomic mass is 10.1. The highest BCUT2D eigenvalue weighted by molar-refractivity contribution is 5.80.